The lowest BCUT2D eigenvalue weighted by Crippen LogP contribution is -2.38. The number of hydrogen-bond donors (Lipinski definition) is 0. The Bertz CT molecular complexity index is 742. The summed E-state index contributed by atoms with van der Waals surface area (Å²) in [6, 6.07) is 14.1. The predicted octanol–water partition coefficient (Wildman–Crippen LogP) is 4.55. The third-order valence-corrected chi connectivity index (χ3v) is 5.53. The topological polar surface area (TPSA) is 45.7 Å². The van der Waals surface area contributed by atoms with Gasteiger partial charge in [-0.15, -0.1) is 0 Å². The van der Waals surface area contributed by atoms with Crippen molar-refractivity contribution >= 4 is 11.9 Å². The summed E-state index contributed by atoms with van der Waals surface area (Å²) in [6.07, 6.45) is 7.32. The van der Waals surface area contributed by atoms with E-state index in [9.17, 15) is 4.79 Å². The zero-order valence-electron chi connectivity index (χ0n) is 15.7. The van der Waals surface area contributed by atoms with E-state index in [1.807, 2.05) is 41.4 Å². The molecule has 0 spiro atoms. The van der Waals surface area contributed by atoms with Crippen LogP contribution in [0.2, 0.25) is 0 Å². The number of hydrogen-bond acceptors (Lipinski definition) is 4. The van der Waals surface area contributed by atoms with Crippen LogP contribution in [-0.4, -0.2) is 35.6 Å². The number of piperidine rings is 1. The molecule has 0 saturated carbocycles. The summed E-state index contributed by atoms with van der Waals surface area (Å²) in [5.41, 5.74) is 2.12. The van der Waals surface area contributed by atoms with Crippen molar-refractivity contribution in [2.24, 2.45) is 0 Å². The van der Waals surface area contributed by atoms with Gasteiger partial charge in [0, 0.05) is 25.8 Å². The van der Waals surface area contributed by atoms with E-state index in [1.54, 1.807) is 0 Å². The zero-order chi connectivity index (χ0) is 18.5. The average molecular weight is 365 g/mol. The van der Waals surface area contributed by atoms with E-state index in [0.29, 0.717) is 6.61 Å². The van der Waals surface area contributed by atoms with Crippen molar-refractivity contribution in [1.29, 1.82) is 0 Å². The SMILES string of the molecule is O=C(OCc1ccccc1)N1CCCCC1c1ccc(N2CCCC2)nc1. The fraction of sp³-hybridized carbons (Fsp3) is 0.455. The van der Waals surface area contributed by atoms with Crippen LogP contribution in [0.5, 0.6) is 0 Å². The molecule has 5 nitrogen and oxygen atoms in total. The van der Waals surface area contributed by atoms with Gasteiger partial charge >= 0.3 is 6.09 Å². The lowest BCUT2D eigenvalue weighted by Gasteiger charge is -2.35. The van der Waals surface area contributed by atoms with Gasteiger partial charge in [0.25, 0.3) is 0 Å². The summed E-state index contributed by atoms with van der Waals surface area (Å²) in [6.45, 7) is 3.24. The van der Waals surface area contributed by atoms with Crippen LogP contribution in [-0.2, 0) is 11.3 Å². The molecule has 1 aromatic carbocycles. The van der Waals surface area contributed by atoms with Gasteiger partial charge in [0.05, 0.1) is 6.04 Å². The van der Waals surface area contributed by atoms with Crippen molar-refractivity contribution in [2.75, 3.05) is 24.5 Å². The largest absolute Gasteiger partial charge is 0.445 e. The number of pyridine rings is 1. The van der Waals surface area contributed by atoms with Gasteiger partial charge in [-0.3, -0.25) is 0 Å². The number of anilines is 1. The molecule has 142 valence electrons. The Kier molecular flexibility index (Phi) is 5.56. The Morgan fingerprint density at radius 2 is 1.78 bits per heavy atom. The second-order valence-electron chi connectivity index (χ2n) is 7.39. The third kappa shape index (κ3) is 4.24. The molecule has 0 N–H and O–H groups in total. The molecule has 4 rings (SSSR count). The number of aromatic nitrogens is 1. The summed E-state index contributed by atoms with van der Waals surface area (Å²) >= 11 is 0. The van der Waals surface area contributed by atoms with Crippen molar-refractivity contribution in [1.82, 2.24) is 9.88 Å². The molecular formula is C22H27N3O2. The summed E-state index contributed by atoms with van der Waals surface area (Å²) in [4.78, 5) is 21.6. The van der Waals surface area contributed by atoms with Gasteiger partial charge in [0.2, 0.25) is 0 Å². The van der Waals surface area contributed by atoms with Gasteiger partial charge in [-0.05, 0) is 49.3 Å². The first kappa shape index (κ1) is 17.8. The quantitative estimate of drug-likeness (QED) is 0.798. The second kappa shape index (κ2) is 8.42. The fourth-order valence-corrected chi connectivity index (χ4v) is 4.03. The van der Waals surface area contributed by atoms with Crippen LogP contribution in [0.1, 0.15) is 49.3 Å². The minimum atomic E-state index is -0.229. The lowest BCUT2D eigenvalue weighted by atomic mass is 9.97. The molecule has 1 unspecified atom stereocenters. The first-order valence-corrected chi connectivity index (χ1v) is 9.99. The Hall–Kier alpha value is -2.56. The molecule has 3 heterocycles. The molecular weight excluding hydrogens is 338 g/mol. The number of ether oxygens (including phenoxy) is 1. The molecule has 27 heavy (non-hydrogen) atoms. The average Bonchev–Trinajstić information content (AvgIpc) is 3.28. The van der Waals surface area contributed by atoms with Gasteiger partial charge < -0.3 is 14.5 Å². The number of benzene rings is 1. The maximum atomic E-state index is 12.7. The first-order valence-electron chi connectivity index (χ1n) is 9.99. The number of nitrogens with zero attached hydrogens (tertiary/aromatic N) is 3. The number of carbonyl (C=O) groups excluding carboxylic acids is 1. The van der Waals surface area contributed by atoms with Crippen LogP contribution >= 0.6 is 0 Å². The Morgan fingerprint density at radius 3 is 2.52 bits per heavy atom. The highest BCUT2D eigenvalue weighted by atomic mass is 16.6. The van der Waals surface area contributed by atoms with Crippen LogP contribution in [0.15, 0.2) is 48.7 Å². The van der Waals surface area contributed by atoms with Gasteiger partial charge in [0.1, 0.15) is 12.4 Å². The van der Waals surface area contributed by atoms with Crippen LogP contribution in [0.3, 0.4) is 0 Å². The summed E-state index contributed by atoms with van der Waals surface area (Å²) < 4.78 is 5.58. The molecule has 2 fully saturated rings. The summed E-state index contributed by atoms with van der Waals surface area (Å²) in [5, 5.41) is 0. The highest BCUT2D eigenvalue weighted by Crippen LogP contribution is 2.32. The maximum absolute atomic E-state index is 12.7. The van der Waals surface area contributed by atoms with Crippen molar-refractivity contribution < 1.29 is 9.53 Å². The monoisotopic (exact) mass is 365 g/mol. The van der Waals surface area contributed by atoms with Crippen molar-refractivity contribution in [3.05, 3.63) is 59.8 Å². The van der Waals surface area contributed by atoms with Gasteiger partial charge in [-0.2, -0.15) is 0 Å². The van der Waals surface area contributed by atoms with E-state index in [-0.39, 0.29) is 12.1 Å². The molecule has 1 atom stereocenters. The van der Waals surface area contributed by atoms with Crippen LogP contribution < -0.4 is 4.90 Å². The number of rotatable bonds is 4. The highest BCUT2D eigenvalue weighted by Gasteiger charge is 2.29. The first-order chi connectivity index (χ1) is 13.3. The molecule has 0 bridgehead atoms. The van der Waals surface area contributed by atoms with Crippen LogP contribution in [0.25, 0.3) is 0 Å². The lowest BCUT2D eigenvalue weighted by molar-refractivity contribution is 0.0678. The molecule has 2 aliphatic rings. The molecule has 0 radical (unpaired) electrons. The normalized spacial score (nSPS) is 19.9. The Labute approximate surface area is 161 Å². The molecule has 0 aliphatic carbocycles. The van der Waals surface area contributed by atoms with E-state index < -0.39 is 0 Å². The number of likely N-dealkylation sites (tertiary alicyclic amines) is 1. The molecule has 1 amide bonds. The van der Waals surface area contributed by atoms with Crippen molar-refractivity contribution in [2.45, 2.75) is 44.8 Å². The zero-order valence-corrected chi connectivity index (χ0v) is 15.7. The fourth-order valence-electron chi connectivity index (χ4n) is 4.03. The summed E-state index contributed by atoms with van der Waals surface area (Å²) in [5.74, 6) is 1.05. The van der Waals surface area contributed by atoms with Gasteiger partial charge in [-0.1, -0.05) is 36.4 Å². The second-order valence-corrected chi connectivity index (χ2v) is 7.39. The molecule has 2 aliphatic heterocycles. The minimum Gasteiger partial charge on any atom is -0.445 e. The molecule has 2 saturated heterocycles. The third-order valence-electron chi connectivity index (χ3n) is 5.53. The Balaban J connectivity index is 1.42. The number of amides is 1. The van der Waals surface area contributed by atoms with E-state index in [0.717, 1.165) is 55.8 Å². The van der Waals surface area contributed by atoms with E-state index in [2.05, 4.69) is 22.0 Å². The molecule has 5 heteroatoms. The van der Waals surface area contributed by atoms with Crippen LogP contribution in [0, 0.1) is 0 Å². The smallest absolute Gasteiger partial charge is 0.410 e. The minimum absolute atomic E-state index is 0.0575. The molecule has 2 aromatic rings. The standard InChI is InChI=1S/C22H27N3O2/c26-22(27-17-18-8-2-1-3-9-18)25-15-5-4-10-20(25)19-11-12-21(23-16-19)24-13-6-7-14-24/h1-3,8-9,11-12,16,20H,4-7,10,13-15,17H2. The highest BCUT2D eigenvalue weighted by molar-refractivity contribution is 5.68. The summed E-state index contributed by atoms with van der Waals surface area (Å²) in [7, 11) is 0. The molecule has 1 aromatic heterocycles. The van der Waals surface area contributed by atoms with Gasteiger partial charge in [-0.25, -0.2) is 9.78 Å². The predicted molar refractivity (Wildman–Crippen MR) is 106 cm³/mol. The van der Waals surface area contributed by atoms with Gasteiger partial charge in [0.15, 0.2) is 0 Å². The van der Waals surface area contributed by atoms with Crippen molar-refractivity contribution in [3.8, 4) is 0 Å². The van der Waals surface area contributed by atoms with E-state index in [1.165, 1.54) is 12.8 Å². The van der Waals surface area contributed by atoms with E-state index >= 15 is 0 Å². The Morgan fingerprint density at radius 1 is 1.00 bits per heavy atom. The van der Waals surface area contributed by atoms with Crippen LogP contribution in [0.4, 0.5) is 10.6 Å². The van der Waals surface area contributed by atoms with Crippen molar-refractivity contribution in [3.63, 3.8) is 0 Å². The number of carbonyl (C=O) groups is 1. The van der Waals surface area contributed by atoms with E-state index in [4.69, 9.17) is 4.74 Å². The maximum Gasteiger partial charge on any atom is 0.410 e.